The Morgan fingerprint density at radius 2 is 1.96 bits per heavy atom. The van der Waals surface area contributed by atoms with Crippen LogP contribution in [0.5, 0.6) is 0 Å². The number of hydrogen-bond donors (Lipinski definition) is 1. The van der Waals surface area contributed by atoms with Gasteiger partial charge in [0.2, 0.25) is 0 Å². The van der Waals surface area contributed by atoms with E-state index in [1.54, 1.807) is 0 Å². The van der Waals surface area contributed by atoms with Crippen LogP contribution in [-0.4, -0.2) is 11.3 Å². The van der Waals surface area contributed by atoms with Crippen molar-refractivity contribution in [3.05, 3.63) is 64.7 Å². The molecule has 1 aliphatic rings. The lowest BCUT2D eigenvalue weighted by Crippen LogP contribution is -2.48. The second-order valence-corrected chi connectivity index (χ2v) is 8.15. The third-order valence-corrected chi connectivity index (χ3v) is 6.67. The fourth-order valence-electron chi connectivity index (χ4n) is 3.47. The molecule has 0 unspecified atom stereocenters. The molecule has 24 heavy (non-hydrogen) atoms. The summed E-state index contributed by atoms with van der Waals surface area (Å²) in [6.45, 7) is 4.59. The molecule has 0 bridgehead atoms. The van der Waals surface area contributed by atoms with Gasteiger partial charge in [0.25, 0.3) is 0 Å². The smallest absolute Gasteiger partial charge is 0.0592 e. The standard InChI is InChI=1S/C21H26ClNS/c1-3-5-13-21(4-2)15-24-19-12-11-17(22)14-18(19)20(23-21)16-9-7-6-8-10-16/h6-12,14,20,23H,3-5,13,15H2,1-2H3/t20-,21+/m0/s1. The van der Waals surface area contributed by atoms with E-state index in [-0.39, 0.29) is 11.6 Å². The molecule has 0 spiro atoms. The fourth-order valence-corrected chi connectivity index (χ4v) is 5.02. The Bertz CT molecular complexity index is 673. The molecule has 0 amide bonds. The van der Waals surface area contributed by atoms with Crippen LogP contribution in [0.4, 0.5) is 0 Å². The lowest BCUT2D eigenvalue weighted by atomic mass is 9.88. The second-order valence-electron chi connectivity index (χ2n) is 6.70. The Morgan fingerprint density at radius 3 is 2.67 bits per heavy atom. The van der Waals surface area contributed by atoms with Crippen molar-refractivity contribution in [3.8, 4) is 0 Å². The maximum Gasteiger partial charge on any atom is 0.0592 e. The zero-order chi connectivity index (χ0) is 17.0. The molecule has 2 aromatic carbocycles. The third-order valence-electron chi connectivity index (χ3n) is 5.06. The Hall–Kier alpha value is -0.960. The minimum atomic E-state index is 0.173. The van der Waals surface area contributed by atoms with Crippen LogP contribution in [0, 0.1) is 0 Å². The molecule has 0 saturated heterocycles. The van der Waals surface area contributed by atoms with Gasteiger partial charge in [-0.25, -0.2) is 0 Å². The summed E-state index contributed by atoms with van der Waals surface area (Å²) in [5.41, 5.74) is 2.80. The van der Waals surface area contributed by atoms with E-state index < -0.39 is 0 Å². The maximum absolute atomic E-state index is 6.33. The molecule has 1 nitrogen and oxygen atoms in total. The van der Waals surface area contributed by atoms with Crippen molar-refractivity contribution in [2.24, 2.45) is 0 Å². The molecule has 128 valence electrons. The summed E-state index contributed by atoms with van der Waals surface area (Å²) in [6, 6.07) is 17.3. The highest BCUT2D eigenvalue weighted by molar-refractivity contribution is 7.99. The zero-order valence-corrected chi connectivity index (χ0v) is 16.1. The van der Waals surface area contributed by atoms with Crippen LogP contribution in [0.2, 0.25) is 5.02 Å². The van der Waals surface area contributed by atoms with Gasteiger partial charge >= 0.3 is 0 Å². The highest BCUT2D eigenvalue weighted by Gasteiger charge is 2.35. The first-order chi connectivity index (χ1) is 11.7. The predicted octanol–water partition coefficient (Wildman–Crippen LogP) is 6.46. The molecule has 1 N–H and O–H groups in total. The van der Waals surface area contributed by atoms with Gasteiger partial charge in [-0.3, -0.25) is 5.32 Å². The number of halogens is 1. The Kier molecular flexibility index (Phi) is 5.91. The number of fused-ring (bicyclic) bond motifs is 1. The molecule has 0 saturated carbocycles. The lowest BCUT2D eigenvalue weighted by molar-refractivity contribution is 0.298. The summed E-state index contributed by atoms with van der Waals surface area (Å²) in [4.78, 5) is 1.35. The van der Waals surface area contributed by atoms with E-state index in [4.69, 9.17) is 11.6 Å². The third kappa shape index (κ3) is 3.82. The molecule has 3 heteroatoms. The summed E-state index contributed by atoms with van der Waals surface area (Å²) in [5, 5.41) is 4.85. The predicted molar refractivity (Wildman–Crippen MR) is 106 cm³/mol. The van der Waals surface area contributed by atoms with E-state index in [9.17, 15) is 0 Å². The molecular weight excluding hydrogens is 334 g/mol. The van der Waals surface area contributed by atoms with Crippen molar-refractivity contribution < 1.29 is 0 Å². The number of nitrogens with one attached hydrogen (secondary N) is 1. The molecule has 0 radical (unpaired) electrons. The Balaban J connectivity index is 2.04. The summed E-state index contributed by atoms with van der Waals surface area (Å²) in [5.74, 6) is 1.11. The number of unbranched alkanes of at least 4 members (excludes halogenated alkanes) is 1. The van der Waals surface area contributed by atoms with Gasteiger partial charge in [0, 0.05) is 21.2 Å². The van der Waals surface area contributed by atoms with Crippen molar-refractivity contribution in [1.29, 1.82) is 0 Å². The lowest BCUT2D eigenvalue weighted by Gasteiger charge is -2.36. The largest absolute Gasteiger partial charge is 0.300 e. The zero-order valence-electron chi connectivity index (χ0n) is 14.5. The highest BCUT2D eigenvalue weighted by Crippen LogP contribution is 2.41. The van der Waals surface area contributed by atoms with E-state index in [0.717, 1.165) is 17.2 Å². The van der Waals surface area contributed by atoms with E-state index >= 15 is 0 Å². The van der Waals surface area contributed by atoms with Crippen molar-refractivity contribution in [3.63, 3.8) is 0 Å². The Labute approximate surface area is 155 Å². The minimum absolute atomic E-state index is 0.173. The van der Waals surface area contributed by atoms with Gasteiger partial charge < -0.3 is 0 Å². The van der Waals surface area contributed by atoms with Crippen LogP contribution >= 0.6 is 23.4 Å². The quantitative estimate of drug-likeness (QED) is 0.657. The molecule has 1 aliphatic heterocycles. The second kappa shape index (κ2) is 7.95. The van der Waals surface area contributed by atoms with Crippen LogP contribution in [0.25, 0.3) is 0 Å². The van der Waals surface area contributed by atoms with Gasteiger partial charge in [-0.05, 0) is 42.2 Å². The van der Waals surface area contributed by atoms with E-state index in [1.807, 2.05) is 17.8 Å². The number of hydrogen-bond acceptors (Lipinski definition) is 2. The topological polar surface area (TPSA) is 12.0 Å². The van der Waals surface area contributed by atoms with Gasteiger partial charge in [-0.1, -0.05) is 68.6 Å². The normalized spacial score (nSPS) is 23.5. The van der Waals surface area contributed by atoms with E-state index in [2.05, 4.69) is 61.6 Å². The number of rotatable bonds is 5. The van der Waals surface area contributed by atoms with Crippen molar-refractivity contribution >= 4 is 23.4 Å². The van der Waals surface area contributed by atoms with Crippen LogP contribution in [-0.2, 0) is 0 Å². The average molecular weight is 360 g/mol. The minimum Gasteiger partial charge on any atom is -0.300 e. The number of thioether (sulfide) groups is 1. The maximum atomic E-state index is 6.33. The Morgan fingerprint density at radius 1 is 1.17 bits per heavy atom. The number of benzene rings is 2. The monoisotopic (exact) mass is 359 g/mol. The van der Waals surface area contributed by atoms with Gasteiger partial charge in [0.1, 0.15) is 0 Å². The molecule has 0 aliphatic carbocycles. The highest BCUT2D eigenvalue weighted by atomic mass is 35.5. The van der Waals surface area contributed by atoms with Crippen LogP contribution in [0.1, 0.15) is 56.7 Å². The van der Waals surface area contributed by atoms with Crippen molar-refractivity contribution in [2.75, 3.05) is 5.75 Å². The van der Waals surface area contributed by atoms with Gasteiger partial charge in [0.05, 0.1) is 6.04 Å². The summed E-state index contributed by atoms with van der Waals surface area (Å²) in [6.07, 6.45) is 4.87. The van der Waals surface area contributed by atoms with E-state index in [0.29, 0.717) is 0 Å². The average Bonchev–Trinajstić information content (AvgIpc) is 2.78. The summed E-state index contributed by atoms with van der Waals surface area (Å²) in [7, 11) is 0. The first-order valence-electron chi connectivity index (χ1n) is 8.92. The first kappa shape index (κ1) is 17.8. The van der Waals surface area contributed by atoms with Crippen LogP contribution in [0.3, 0.4) is 0 Å². The molecule has 3 rings (SSSR count). The molecule has 2 atom stereocenters. The van der Waals surface area contributed by atoms with Crippen LogP contribution in [0.15, 0.2) is 53.4 Å². The molecule has 2 aromatic rings. The van der Waals surface area contributed by atoms with E-state index in [1.165, 1.54) is 35.3 Å². The van der Waals surface area contributed by atoms with Gasteiger partial charge in [-0.15, -0.1) is 11.8 Å². The SMILES string of the molecule is CCCC[C@]1(CC)CSc2ccc(Cl)cc2[C@H](c2ccccc2)N1. The fraction of sp³-hybridized carbons (Fsp3) is 0.429. The molecular formula is C21H26ClNS. The molecule has 0 fully saturated rings. The van der Waals surface area contributed by atoms with Gasteiger partial charge in [0.15, 0.2) is 0 Å². The van der Waals surface area contributed by atoms with Gasteiger partial charge in [-0.2, -0.15) is 0 Å². The first-order valence-corrected chi connectivity index (χ1v) is 10.3. The summed E-state index contributed by atoms with van der Waals surface area (Å²) >= 11 is 8.31. The molecule has 1 heterocycles. The molecule has 0 aromatic heterocycles. The van der Waals surface area contributed by atoms with Crippen molar-refractivity contribution in [2.45, 2.75) is 56.0 Å². The van der Waals surface area contributed by atoms with Crippen LogP contribution < -0.4 is 5.32 Å². The summed E-state index contributed by atoms with van der Waals surface area (Å²) < 4.78 is 0. The van der Waals surface area contributed by atoms with Crippen molar-refractivity contribution in [1.82, 2.24) is 5.32 Å².